The Bertz CT molecular complexity index is 595. The van der Waals surface area contributed by atoms with Crippen LogP contribution in [0.15, 0.2) is 36.4 Å². The molecule has 0 atom stereocenters. The second kappa shape index (κ2) is 5.71. The molecule has 1 amide bonds. The Morgan fingerprint density at radius 2 is 1.95 bits per heavy atom. The minimum absolute atomic E-state index is 0.000472. The molecule has 0 aliphatic rings. The molecule has 2 N–H and O–H groups in total. The molecular formula is C15H17NO3. The highest BCUT2D eigenvalue weighted by molar-refractivity contribution is 6.03. The number of fused-ring (bicyclic) bond motifs is 1. The molecular weight excluding hydrogens is 242 g/mol. The minimum atomic E-state index is -0.264. The highest BCUT2D eigenvalue weighted by atomic mass is 16.3. The number of aliphatic hydroxyl groups is 1. The number of amides is 1. The van der Waals surface area contributed by atoms with E-state index >= 15 is 0 Å². The van der Waals surface area contributed by atoms with Crippen LogP contribution >= 0.6 is 0 Å². The van der Waals surface area contributed by atoms with Gasteiger partial charge in [0.25, 0.3) is 5.91 Å². The molecule has 0 radical (unpaired) electrons. The van der Waals surface area contributed by atoms with Crippen LogP contribution < -0.4 is 0 Å². The average molecular weight is 259 g/mol. The van der Waals surface area contributed by atoms with Gasteiger partial charge in [0, 0.05) is 18.5 Å². The Morgan fingerprint density at radius 3 is 2.63 bits per heavy atom. The summed E-state index contributed by atoms with van der Waals surface area (Å²) in [5.41, 5.74) is 0.272. The van der Waals surface area contributed by atoms with Gasteiger partial charge in [0.1, 0.15) is 5.75 Å². The maximum atomic E-state index is 12.3. The number of aromatic hydroxyl groups is 1. The number of hydrogen-bond donors (Lipinski definition) is 2. The number of phenols is 1. The van der Waals surface area contributed by atoms with Gasteiger partial charge in [0.2, 0.25) is 0 Å². The summed E-state index contributed by atoms with van der Waals surface area (Å²) in [5.74, 6) is -0.265. The summed E-state index contributed by atoms with van der Waals surface area (Å²) in [7, 11) is 0. The molecule has 0 aliphatic heterocycles. The van der Waals surface area contributed by atoms with Gasteiger partial charge in [-0.3, -0.25) is 4.79 Å². The lowest BCUT2D eigenvalue weighted by molar-refractivity contribution is 0.0729. The Balaban J connectivity index is 2.45. The Morgan fingerprint density at radius 1 is 1.21 bits per heavy atom. The third kappa shape index (κ3) is 2.53. The molecule has 2 aromatic rings. The first kappa shape index (κ1) is 13.4. The minimum Gasteiger partial charge on any atom is -0.506 e. The van der Waals surface area contributed by atoms with Crippen LogP contribution in [-0.2, 0) is 0 Å². The zero-order valence-electron chi connectivity index (χ0n) is 10.8. The third-order valence-corrected chi connectivity index (χ3v) is 3.17. The van der Waals surface area contributed by atoms with E-state index in [0.717, 1.165) is 5.39 Å². The van der Waals surface area contributed by atoms with Crippen LogP contribution in [0.4, 0.5) is 0 Å². The number of likely N-dealkylation sites (N-methyl/N-ethyl adjacent to an activating group) is 1. The molecule has 0 unspecified atom stereocenters. The number of phenolic OH excluding ortho intramolecular Hbond substituents is 1. The largest absolute Gasteiger partial charge is 0.506 e. The van der Waals surface area contributed by atoms with Crippen molar-refractivity contribution in [2.24, 2.45) is 0 Å². The molecule has 100 valence electrons. The van der Waals surface area contributed by atoms with E-state index < -0.39 is 0 Å². The van der Waals surface area contributed by atoms with Crippen LogP contribution in [0.1, 0.15) is 17.3 Å². The number of hydrogen-bond acceptors (Lipinski definition) is 3. The van der Waals surface area contributed by atoms with Gasteiger partial charge in [-0.2, -0.15) is 0 Å². The van der Waals surface area contributed by atoms with E-state index in [0.29, 0.717) is 11.9 Å². The predicted octanol–water partition coefficient (Wildman–Crippen LogP) is 2.00. The van der Waals surface area contributed by atoms with Crippen LogP contribution in [0.3, 0.4) is 0 Å². The molecule has 0 heterocycles. The monoisotopic (exact) mass is 259 g/mol. The number of carbonyl (C=O) groups excluding carboxylic acids is 1. The Labute approximate surface area is 111 Å². The van der Waals surface area contributed by atoms with E-state index in [4.69, 9.17) is 5.11 Å². The second-order valence-electron chi connectivity index (χ2n) is 4.29. The first-order valence-corrected chi connectivity index (χ1v) is 6.30. The topological polar surface area (TPSA) is 60.8 Å². The van der Waals surface area contributed by atoms with Crippen molar-refractivity contribution >= 4 is 16.7 Å². The number of nitrogens with zero attached hydrogens (tertiary/aromatic N) is 1. The molecule has 0 bridgehead atoms. The van der Waals surface area contributed by atoms with Crippen LogP contribution in [0.25, 0.3) is 10.8 Å². The second-order valence-corrected chi connectivity index (χ2v) is 4.29. The van der Waals surface area contributed by atoms with Crippen molar-refractivity contribution in [1.29, 1.82) is 0 Å². The molecule has 4 nitrogen and oxygen atoms in total. The Hall–Kier alpha value is -2.07. The summed E-state index contributed by atoms with van der Waals surface area (Å²) in [6.45, 7) is 2.51. The lowest BCUT2D eigenvalue weighted by atomic mass is 10.0. The van der Waals surface area contributed by atoms with Crippen molar-refractivity contribution < 1.29 is 15.0 Å². The summed E-state index contributed by atoms with van der Waals surface area (Å²) in [6.07, 6.45) is 0. The smallest absolute Gasteiger partial charge is 0.257 e. The van der Waals surface area contributed by atoms with E-state index in [9.17, 15) is 9.90 Å². The van der Waals surface area contributed by atoms with Crippen molar-refractivity contribution in [2.75, 3.05) is 19.7 Å². The average Bonchev–Trinajstić information content (AvgIpc) is 2.45. The summed E-state index contributed by atoms with van der Waals surface area (Å²) in [4.78, 5) is 13.8. The quantitative estimate of drug-likeness (QED) is 0.882. The molecule has 0 spiro atoms. The van der Waals surface area contributed by atoms with Gasteiger partial charge in [-0.1, -0.05) is 30.3 Å². The van der Waals surface area contributed by atoms with Gasteiger partial charge in [-0.05, 0) is 18.4 Å². The van der Waals surface area contributed by atoms with Gasteiger partial charge in [-0.15, -0.1) is 0 Å². The highest BCUT2D eigenvalue weighted by Gasteiger charge is 2.18. The molecule has 0 saturated carbocycles. The van der Waals surface area contributed by atoms with Gasteiger partial charge >= 0.3 is 0 Å². The lowest BCUT2D eigenvalue weighted by Gasteiger charge is -2.20. The van der Waals surface area contributed by atoms with Crippen molar-refractivity contribution in [3.05, 3.63) is 42.0 Å². The molecule has 0 aliphatic carbocycles. The number of benzene rings is 2. The molecule has 4 heteroatoms. The molecule has 19 heavy (non-hydrogen) atoms. The van der Waals surface area contributed by atoms with E-state index in [1.807, 2.05) is 31.2 Å². The summed E-state index contributed by atoms with van der Waals surface area (Å²) in [6, 6.07) is 10.8. The van der Waals surface area contributed by atoms with Crippen molar-refractivity contribution in [3.8, 4) is 5.75 Å². The van der Waals surface area contributed by atoms with Crippen LogP contribution in [0.2, 0.25) is 0 Å². The van der Waals surface area contributed by atoms with E-state index in [2.05, 4.69) is 0 Å². The fourth-order valence-electron chi connectivity index (χ4n) is 2.12. The maximum Gasteiger partial charge on any atom is 0.257 e. The highest BCUT2D eigenvalue weighted by Crippen LogP contribution is 2.29. The van der Waals surface area contributed by atoms with Crippen molar-refractivity contribution in [3.63, 3.8) is 0 Å². The molecule has 0 saturated heterocycles. The summed E-state index contributed by atoms with van der Waals surface area (Å²) < 4.78 is 0. The van der Waals surface area contributed by atoms with Crippen LogP contribution in [-0.4, -0.2) is 40.7 Å². The van der Waals surface area contributed by atoms with E-state index in [-0.39, 0.29) is 30.4 Å². The number of aliphatic hydroxyl groups excluding tert-OH is 1. The van der Waals surface area contributed by atoms with Gasteiger partial charge in [0.05, 0.1) is 12.2 Å². The molecule has 2 rings (SSSR count). The summed E-state index contributed by atoms with van der Waals surface area (Å²) >= 11 is 0. The first-order chi connectivity index (χ1) is 9.19. The maximum absolute atomic E-state index is 12.3. The van der Waals surface area contributed by atoms with Crippen LogP contribution in [0, 0.1) is 0 Å². The summed E-state index contributed by atoms with van der Waals surface area (Å²) in [5, 5.41) is 20.7. The normalized spacial score (nSPS) is 10.6. The van der Waals surface area contributed by atoms with E-state index in [1.54, 1.807) is 12.1 Å². The SMILES string of the molecule is CCN(CCO)C(=O)c1ccc2ccccc2c1O. The van der Waals surface area contributed by atoms with Crippen LogP contribution in [0.5, 0.6) is 5.75 Å². The fourth-order valence-corrected chi connectivity index (χ4v) is 2.12. The Kier molecular flexibility index (Phi) is 4.02. The fraction of sp³-hybridized carbons (Fsp3) is 0.267. The zero-order valence-corrected chi connectivity index (χ0v) is 10.8. The third-order valence-electron chi connectivity index (χ3n) is 3.17. The van der Waals surface area contributed by atoms with Gasteiger partial charge in [0.15, 0.2) is 0 Å². The zero-order chi connectivity index (χ0) is 13.8. The van der Waals surface area contributed by atoms with E-state index in [1.165, 1.54) is 4.90 Å². The van der Waals surface area contributed by atoms with Gasteiger partial charge < -0.3 is 15.1 Å². The van der Waals surface area contributed by atoms with Gasteiger partial charge in [-0.25, -0.2) is 0 Å². The van der Waals surface area contributed by atoms with Crippen molar-refractivity contribution in [2.45, 2.75) is 6.92 Å². The van der Waals surface area contributed by atoms with Crippen molar-refractivity contribution in [1.82, 2.24) is 4.90 Å². The standard InChI is InChI=1S/C15H17NO3/c1-2-16(9-10-17)15(19)13-8-7-11-5-3-4-6-12(11)14(13)18/h3-8,17-18H,2,9-10H2,1H3. The molecule has 0 fully saturated rings. The molecule has 2 aromatic carbocycles. The number of rotatable bonds is 4. The lowest BCUT2D eigenvalue weighted by Crippen LogP contribution is -2.33. The number of carbonyl (C=O) groups is 1. The first-order valence-electron chi connectivity index (χ1n) is 6.30. The predicted molar refractivity (Wildman–Crippen MR) is 74.3 cm³/mol. The molecule has 0 aromatic heterocycles.